The van der Waals surface area contributed by atoms with Gasteiger partial charge in [0.1, 0.15) is 0 Å². The van der Waals surface area contributed by atoms with Crippen LogP contribution in [0.5, 0.6) is 0 Å². The number of hydrogen-bond donors (Lipinski definition) is 1. The number of benzene rings is 1. The summed E-state index contributed by atoms with van der Waals surface area (Å²) in [4.78, 5) is 6.86. The van der Waals surface area contributed by atoms with Crippen LogP contribution in [0.15, 0.2) is 28.8 Å². The predicted octanol–water partition coefficient (Wildman–Crippen LogP) is 2.44. The Morgan fingerprint density at radius 3 is 2.46 bits per heavy atom. The van der Waals surface area contributed by atoms with E-state index < -0.39 is 0 Å². The van der Waals surface area contributed by atoms with Crippen LogP contribution in [0.25, 0.3) is 11.4 Å². The van der Waals surface area contributed by atoms with E-state index >= 15 is 0 Å². The molecule has 3 rings (SSSR count). The molecule has 7 heteroatoms. The van der Waals surface area contributed by atoms with Crippen LogP contribution in [0.1, 0.15) is 31.2 Å². The number of morpholine rings is 1. The molecule has 0 radical (unpaired) electrons. The molecule has 0 spiro atoms. The van der Waals surface area contributed by atoms with E-state index in [-0.39, 0.29) is 24.4 Å². The van der Waals surface area contributed by atoms with Crippen LogP contribution >= 0.6 is 12.4 Å². The second-order valence-electron chi connectivity index (χ2n) is 6.19. The van der Waals surface area contributed by atoms with Gasteiger partial charge in [-0.1, -0.05) is 36.3 Å². The number of rotatable bonds is 5. The standard InChI is InChI=1S/C17H24N4O2.ClH/c1-12(13(2)18)17-19-16(20-23-17)15-5-3-14(4-6-15)11-21-7-9-22-10-8-21;/h3-6,12-13H,7-11,18H2,1-2H3;1H. The summed E-state index contributed by atoms with van der Waals surface area (Å²) in [7, 11) is 0. The van der Waals surface area contributed by atoms with Crippen molar-refractivity contribution in [3.05, 3.63) is 35.7 Å². The highest BCUT2D eigenvalue weighted by Gasteiger charge is 2.18. The van der Waals surface area contributed by atoms with E-state index in [0.717, 1.165) is 38.4 Å². The minimum Gasteiger partial charge on any atom is -0.379 e. The van der Waals surface area contributed by atoms with Gasteiger partial charge in [-0.3, -0.25) is 4.90 Å². The molecule has 2 N–H and O–H groups in total. The van der Waals surface area contributed by atoms with Crippen LogP contribution in [0.4, 0.5) is 0 Å². The lowest BCUT2D eigenvalue weighted by Crippen LogP contribution is -2.35. The summed E-state index contributed by atoms with van der Waals surface area (Å²) >= 11 is 0. The number of ether oxygens (including phenoxy) is 1. The van der Waals surface area contributed by atoms with Crippen LogP contribution in [0.3, 0.4) is 0 Å². The lowest BCUT2D eigenvalue weighted by atomic mass is 10.1. The molecule has 6 nitrogen and oxygen atoms in total. The second kappa shape index (κ2) is 8.58. The molecule has 1 fully saturated rings. The maximum atomic E-state index is 5.88. The van der Waals surface area contributed by atoms with Gasteiger partial charge in [-0.2, -0.15) is 4.98 Å². The van der Waals surface area contributed by atoms with E-state index in [4.69, 9.17) is 15.0 Å². The van der Waals surface area contributed by atoms with Crippen molar-refractivity contribution in [3.8, 4) is 11.4 Å². The predicted molar refractivity (Wildman–Crippen MR) is 95.1 cm³/mol. The average Bonchev–Trinajstić information content (AvgIpc) is 3.05. The first-order chi connectivity index (χ1) is 11.1. The van der Waals surface area contributed by atoms with Gasteiger partial charge in [-0.05, 0) is 12.5 Å². The summed E-state index contributed by atoms with van der Waals surface area (Å²) in [6, 6.07) is 8.31. The fraction of sp³-hybridized carbons (Fsp3) is 0.529. The smallest absolute Gasteiger partial charge is 0.231 e. The zero-order valence-electron chi connectivity index (χ0n) is 14.1. The van der Waals surface area contributed by atoms with Crippen LogP contribution in [-0.4, -0.2) is 47.4 Å². The number of hydrogen-bond acceptors (Lipinski definition) is 6. The third kappa shape index (κ3) is 4.54. The Kier molecular flexibility index (Phi) is 6.74. The molecule has 2 heterocycles. The maximum Gasteiger partial charge on any atom is 0.231 e. The molecule has 1 saturated heterocycles. The molecule has 0 amide bonds. The van der Waals surface area contributed by atoms with Crippen molar-refractivity contribution in [1.29, 1.82) is 0 Å². The SMILES string of the molecule is CC(N)C(C)c1nc(-c2ccc(CN3CCOCC3)cc2)no1.Cl. The quantitative estimate of drug-likeness (QED) is 0.890. The van der Waals surface area contributed by atoms with E-state index in [9.17, 15) is 0 Å². The molecule has 2 atom stereocenters. The molecule has 0 bridgehead atoms. The Bertz CT molecular complexity index is 624. The first-order valence-corrected chi connectivity index (χ1v) is 8.12. The van der Waals surface area contributed by atoms with Gasteiger partial charge in [0.15, 0.2) is 0 Å². The van der Waals surface area contributed by atoms with E-state index in [0.29, 0.717) is 11.7 Å². The van der Waals surface area contributed by atoms with Gasteiger partial charge < -0.3 is 15.0 Å². The monoisotopic (exact) mass is 352 g/mol. The van der Waals surface area contributed by atoms with Crippen molar-refractivity contribution < 1.29 is 9.26 Å². The van der Waals surface area contributed by atoms with Crippen LogP contribution < -0.4 is 5.73 Å². The lowest BCUT2D eigenvalue weighted by Gasteiger charge is -2.26. The Hall–Kier alpha value is -1.47. The van der Waals surface area contributed by atoms with Gasteiger partial charge >= 0.3 is 0 Å². The van der Waals surface area contributed by atoms with Crippen molar-refractivity contribution in [2.45, 2.75) is 32.4 Å². The van der Waals surface area contributed by atoms with Gasteiger partial charge in [-0.15, -0.1) is 12.4 Å². The third-order valence-electron chi connectivity index (χ3n) is 4.34. The number of halogens is 1. The molecule has 2 unspecified atom stereocenters. The van der Waals surface area contributed by atoms with Gasteiger partial charge in [-0.25, -0.2) is 0 Å². The van der Waals surface area contributed by atoms with Crippen molar-refractivity contribution in [3.63, 3.8) is 0 Å². The normalized spacial score (nSPS) is 18.0. The zero-order valence-corrected chi connectivity index (χ0v) is 15.0. The first kappa shape index (κ1) is 18.9. The molecular formula is C17H25ClN4O2. The highest BCUT2D eigenvalue weighted by Crippen LogP contribution is 2.22. The fourth-order valence-electron chi connectivity index (χ4n) is 2.54. The van der Waals surface area contributed by atoms with E-state index in [1.807, 2.05) is 26.0 Å². The molecule has 0 saturated carbocycles. The van der Waals surface area contributed by atoms with E-state index in [2.05, 4.69) is 27.2 Å². The van der Waals surface area contributed by atoms with Crippen molar-refractivity contribution in [1.82, 2.24) is 15.0 Å². The highest BCUT2D eigenvalue weighted by atomic mass is 35.5. The summed E-state index contributed by atoms with van der Waals surface area (Å²) in [5.74, 6) is 1.26. The fourth-order valence-corrected chi connectivity index (χ4v) is 2.54. The van der Waals surface area contributed by atoms with Crippen LogP contribution in [0, 0.1) is 0 Å². The van der Waals surface area contributed by atoms with E-state index in [1.165, 1.54) is 5.56 Å². The largest absolute Gasteiger partial charge is 0.379 e. The number of aromatic nitrogens is 2. The molecule has 1 aliphatic heterocycles. The van der Waals surface area contributed by atoms with Crippen molar-refractivity contribution in [2.24, 2.45) is 5.73 Å². The Morgan fingerprint density at radius 1 is 1.17 bits per heavy atom. The molecule has 0 aliphatic carbocycles. The summed E-state index contributed by atoms with van der Waals surface area (Å²) in [5, 5.41) is 4.07. The maximum absolute atomic E-state index is 5.88. The minimum atomic E-state index is -0.0146. The number of nitrogens with two attached hydrogens (primary N) is 1. The Morgan fingerprint density at radius 2 is 1.83 bits per heavy atom. The third-order valence-corrected chi connectivity index (χ3v) is 4.34. The van der Waals surface area contributed by atoms with Gasteiger partial charge in [0.2, 0.25) is 11.7 Å². The van der Waals surface area contributed by atoms with Crippen LogP contribution in [-0.2, 0) is 11.3 Å². The highest BCUT2D eigenvalue weighted by molar-refractivity contribution is 5.85. The topological polar surface area (TPSA) is 77.4 Å². The minimum absolute atomic E-state index is 0. The molecule has 1 aromatic carbocycles. The summed E-state index contributed by atoms with van der Waals surface area (Å²) < 4.78 is 10.7. The zero-order chi connectivity index (χ0) is 16.2. The van der Waals surface area contributed by atoms with Crippen molar-refractivity contribution >= 4 is 12.4 Å². The van der Waals surface area contributed by atoms with Gasteiger partial charge in [0, 0.05) is 31.2 Å². The van der Waals surface area contributed by atoms with Gasteiger partial charge in [0.05, 0.1) is 19.1 Å². The lowest BCUT2D eigenvalue weighted by molar-refractivity contribution is 0.0342. The van der Waals surface area contributed by atoms with Gasteiger partial charge in [0.25, 0.3) is 0 Å². The summed E-state index contributed by atoms with van der Waals surface area (Å²) in [6.07, 6.45) is 0. The molecule has 24 heavy (non-hydrogen) atoms. The molecule has 132 valence electrons. The average molecular weight is 353 g/mol. The summed E-state index contributed by atoms with van der Waals surface area (Å²) in [5.41, 5.74) is 8.12. The summed E-state index contributed by atoms with van der Waals surface area (Å²) in [6.45, 7) is 8.50. The van der Waals surface area contributed by atoms with Crippen LogP contribution in [0.2, 0.25) is 0 Å². The van der Waals surface area contributed by atoms with E-state index in [1.54, 1.807) is 0 Å². The Labute approximate surface area is 148 Å². The molecule has 2 aromatic rings. The molecule has 1 aromatic heterocycles. The van der Waals surface area contributed by atoms with Crippen molar-refractivity contribution in [2.75, 3.05) is 26.3 Å². The molecular weight excluding hydrogens is 328 g/mol. The molecule has 1 aliphatic rings. The Balaban J connectivity index is 0.00000208. The second-order valence-corrected chi connectivity index (χ2v) is 6.19. The number of nitrogens with zero attached hydrogens (tertiary/aromatic N) is 3. The first-order valence-electron chi connectivity index (χ1n) is 8.12.